The van der Waals surface area contributed by atoms with Gasteiger partial charge in [0.2, 0.25) is 0 Å². The Morgan fingerprint density at radius 2 is 2.29 bits per heavy atom. The van der Waals surface area contributed by atoms with Gasteiger partial charge in [-0.15, -0.1) is 0 Å². The first-order valence-electron chi connectivity index (χ1n) is 4.59. The van der Waals surface area contributed by atoms with Gasteiger partial charge in [-0.05, 0) is 12.3 Å². The normalized spacial score (nSPS) is 9.24. The Morgan fingerprint density at radius 1 is 1.59 bits per heavy atom. The van der Waals surface area contributed by atoms with Crippen LogP contribution in [0.2, 0.25) is 0 Å². The Balaban J connectivity index is 3.01. The topological polar surface area (TPSA) is 93.5 Å². The highest BCUT2D eigenvalue weighted by molar-refractivity contribution is 5.91. The van der Waals surface area contributed by atoms with E-state index in [-0.39, 0.29) is 11.4 Å². The number of benzene rings is 1. The number of non-ortho nitro benzene ring substituents is 1. The monoisotopic (exact) mass is 237 g/mol. The minimum Gasteiger partial charge on any atom is -0.495 e. The Kier molecular flexibility index (Phi) is 4.04. The zero-order valence-corrected chi connectivity index (χ0v) is 9.10. The summed E-state index contributed by atoms with van der Waals surface area (Å²) in [6.45, 7) is 3.32. The number of nitro groups is 1. The van der Waals surface area contributed by atoms with Gasteiger partial charge in [-0.1, -0.05) is 6.58 Å². The van der Waals surface area contributed by atoms with E-state index in [9.17, 15) is 14.9 Å². The Morgan fingerprint density at radius 3 is 2.82 bits per heavy atom. The Labute approximate surface area is 97.2 Å². The molecule has 2 N–H and O–H groups in total. The summed E-state index contributed by atoms with van der Waals surface area (Å²) in [4.78, 5) is 21.3. The molecular weight excluding hydrogens is 226 g/mol. The first kappa shape index (κ1) is 12.5. The van der Waals surface area contributed by atoms with E-state index in [4.69, 9.17) is 4.74 Å². The van der Waals surface area contributed by atoms with Gasteiger partial charge in [-0.25, -0.2) is 4.79 Å². The molecule has 17 heavy (non-hydrogen) atoms. The third kappa shape index (κ3) is 3.20. The van der Waals surface area contributed by atoms with Crippen LogP contribution < -0.4 is 15.4 Å². The van der Waals surface area contributed by atoms with Gasteiger partial charge in [0.15, 0.2) is 0 Å². The van der Waals surface area contributed by atoms with Crippen LogP contribution in [0.4, 0.5) is 16.2 Å². The van der Waals surface area contributed by atoms with E-state index >= 15 is 0 Å². The van der Waals surface area contributed by atoms with Gasteiger partial charge < -0.3 is 15.4 Å². The van der Waals surface area contributed by atoms with Crippen LogP contribution in [0.3, 0.4) is 0 Å². The van der Waals surface area contributed by atoms with E-state index in [0.29, 0.717) is 5.75 Å². The number of rotatable bonds is 4. The van der Waals surface area contributed by atoms with Gasteiger partial charge in [0.05, 0.1) is 17.7 Å². The lowest BCUT2D eigenvalue weighted by Crippen LogP contribution is -2.23. The quantitative estimate of drug-likeness (QED) is 0.617. The van der Waals surface area contributed by atoms with Crippen LogP contribution in [-0.2, 0) is 0 Å². The first-order valence-corrected chi connectivity index (χ1v) is 4.59. The van der Waals surface area contributed by atoms with Crippen molar-refractivity contribution in [2.24, 2.45) is 0 Å². The number of nitrogens with zero attached hydrogens (tertiary/aromatic N) is 1. The van der Waals surface area contributed by atoms with Gasteiger partial charge in [-0.3, -0.25) is 10.1 Å². The van der Waals surface area contributed by atoms with Crippen molar-refractivity contribution in [2.45, 2.75) is 0 Å². The minimum absolute atomic E-state index is 0.139. The Bertz CT molecular complexity index is 459. The second kappa shape index (κ2) is 5.50. The molecule has 0 saturated heterocycles. The summed E-state index contributed by atoms with van der Waals surface area (Å²) in [5, 5.41) is 15.3. The molecular formula is C10H11N3O4. The number of amides is 2. The number of carbonyl (C=O) groups is 1. The lowest BCUT2D eigenvalue weighted by molar-refractivity contribution is -0.384. The molecule has 7 nitrogen and oxygen atoms in total. The number of methoxy groups -OCH3 is 1. The lowest BCUT2D eigenvalue weighted by Gasteiger charge is -2.09. The minimum atomic E-state index is -0.559. The molecule has 1 rings (SSSR count). The molecule has 0 aliphatic heterocycles. The van der Waals surface area contributed by atoms with Crippen LogP contribution in [0.1, 0.15) is 0 Å². The van der Waals surface area contributed by atoms with Crippen molar-refractivity contribution in [3.05, 3.63) is 41.1 Å². The number of nitrogens with one attached hydrogen (secondary N) is 2. The molecule has 7 heteroatoms. The maximum atomic E-state index is 11.2. The summed E-state index contributed by atoms with van der Waals surface area (Å²) >= 11 is 0. The fourth-order valence-corrected chi connectivity index (χ4v) is 1.16. The summed E-state index contributed by atoms with van der Waals surface area (Å²) in [5.74, 6) is 0.329. The SMILES string of the molecule is C=CNC(=O)Nc1cc([N+](=O)[O-])ccc1OC. The summed E-state index contributed by atoms with van der Waals surface area (Å²) in [6, 6.07) is 3.34. The standard InChI is InChI=1S/C10H11N3O4/c1-3-11-10(14)12-8-6-7(13(15)16)4-5-9(8)17-2/h3-6H,1H2,2H3,(H2,11,12,14). The molecule has 0 spiro atoms. The molecule has 0 radical (unpaired) electrons. The second-order valence-corrected chi connectivity index (χ2v) is 2.94. The molecule has 0 aliphatic rings. The van der Waals surface area contributed by atoms with E-state index in [0.717, 1.165) is 0 Å². The predicted octanol–water partition coefficient (Wildman–Crippen LogP) is 1.87. The van der Waals surface area contributed by atoms with Crippen molar-refractivity contribution in [1.29, 1.82) is 0 Å². The molecule has 0 heterocycles. The summed E-state index contributed by atoms with van der Waals surface area (Å²) in [5.41, 5.74) is 0.0701. The number of carbonyl (C=O) groups excluding carboxylic acids is 1. The average Bonchev–Trinajstić information content (AvgIpc) is 2.29. The van der Waals surface area contributed by atoms with Crippen molar-refractivity contribution in [3.8, 4) is 5.75 Å². The van der Waals surface area contributed by atoms with Crippen molar-refractivity contribution < 1.29 is 14.5 Å². The van der Waals surface area contributed by atoms with Crippen molar-refractivity contribution in [3.63, 3.8) is 0 Å². The highest BCUT2D eigenvalue weighted by atomic mass is 16.6. The number of hydrogen-bond acceptors (Lipinski definition) is 4. The highest BCUT2D eigenvalue weighted by Crippen LogP contribution is 2.28. The molecule has 1 aromatic carbocycles. The first-order chi connectivity index (χ1) is 8.08. The predicted molar refractivity (Wildman–Crippen MR) is 62.0 cm³/mol. The molecule has 0 atom stereocenters. The van der Waals surface area contributed by atoms with Crippen LogP contribution in [0.15, 0.2) is 31.0 Å². The largest absolute Gasteiger partial charge is 0.495 e. The maximum absolute atomic E-state index is 11.2. The summed E-state index contributed by atoms with van der Waals surface area (Å²) < 4.78 is 4.97. The molecule has 2 amide bonds. The number of anilines is 1. The molecule has 0 bridgehead atoms. The molecule has 1 aromatic rings. The average molecular weight is 237 g/mol. The van der Waals surface area contributed by atoms with E-state index in [1.807, 2.05) is 0 Å². The molecule has 90 valence electrons. The van der Waals surface area contributed by atoms with E-state index in [1.54, 1.807) is 0 Å². The van der Waals surface area contributed by atoms with Crippen LogP contribution in [0.5, 0.6) is 5.75 Å². The Hall–Kier alpha value is -2.57. The molecule has 0 saturated carbocycles. The highest BCUT2D eigenvalue weighted by Gasteiger charge is 2.12. The summed E-state index contributed by atoms with van der Waals surface area (Å²) in [6.07, 6.45) is 1.19. The molecule has 0 aliphatic carbocycles. The van der Waals surface area contributed by atoms with Crippen LogP contribution in [-0.4, -0.2) is 18.1 Å². The van der Waals surface area contributed by atoms with Gasteiger partial charge in [-0.2, -0.15) is 0 Å². The number of nitro benzene ring substituents is 1. The van der Waals surface area contributed by atoms with Crippen LogP contribution >= 0.6 is 0 Å². The van der Waals surface area contributed by atoms with Crippen molar-refractivity contribution in [2.75, 3.05) is 12.4 Å². The van der Waals surface area contributed by atoms with Crippen LogP contribution in [0, 0.1) is 10.1 Å². The second-order valence-electron chi connectivity index (χ2n) is 2.94. The van der Waals surface area contributed by atoms with Gasteiger partial charge in [0.1, 0.15) is 5.75 Å². The van der Waals surface area contributed by atoms with Crippen molar-refractivity contribution in [1.82, 2.24) is 5.32 Å². The van der Waals surface area contributed by atoms with E-state index < -0.39 is 11.0 Å². The maximum Gasteiger partial charge on any atom is 0.323 e. The van der Waals surface area contributed by atoms with Gasteiger partial charge >= 0.3 is 6.03 Å². The van der Waals surface area contributed by atoms with Gasteiger partial charge in [0.25, 0.3) is 5.69 Å². The number of ether oxygens (including phenoxy) is 1. The van der Waals surface area contributed by atoms with Crippen LogP contribution in [0.25, 0.3) is 0 Å². The fourth-order valence-electron chi connectivity index (χ4n) is 1.16. The number of urea groups is 1. The smallest absolute Gasteiger partial charge is 0.323 e. The zero-order valence-electron chi connectivity index (χ0n) is 9.10. The number of hydrogen-bond donors (Lipinski definition) is 2. The van der Waals surface area contributed by atoms with E-state index in [1.165, 1.54) is 31.5 Å². The fraction of sp³-hybridized carbons (Fsp3) is 0.100. The zero-order chi connectivity index (χ0) is 12.8. The summed E-state index contributed by atoms with van der Waals surface area (Å²) in [7, 11) is 1.40. The third-order valence-electron chi connectivity index (χ3n) is 1.88. The third-order valence-corrected chi connectivity index (χ3v) is 1.88. The van der Waals surface area contributed by atoms with Gasteiger partial charge in [0, 0.05) is 12.1 Å². The van der Waals surface area contributed by atoms with Crippen molar-refractivity contribution >= 4 is 17.4 Å². The molecule has 0 unspecified atom stereocenters. The van der Waals surface area contributed by atoms with E-state index in [2.05, 4.69) is 17.2 Å². The molecule has 0 fully saturated rings. The molecule has 0 aromatic heterocycles. The lowest BCUT2D eigenvalue weighted by atomic mass is 10.2.